The fraction of sp³-hybridized carbons (Fsp3) is 0.130. The van der Waals surface area contributed by atoms with Crippen molar-refractivity contribution in [3.63, 3.8) is 0 Å². The summed E-state index contributed by atoms with van der Waals surface area (Å²) in [5.41, 5.74) is 0.873. The summed E-state index contributed by atoms with van der Waals surface area (Å²) in [6, 6.07) is 16.4. The van der Waals surface area contributed by atoms with Crippen molar-refractivity contribution >= 4 is 40.0 Å². The number of hydrogen-bond donors (Lipinski definition) is 1. The van der Waals surface area contributed by atoms with E-state index in [4.69, 9.17) is 25.8 Å². The van der Waals surface area contributed by atoms with Gasteiger partial charge in [0, 0.05) is 17.7 Å². The van der Waals surface area contributed by atoms with E-state index < -0.39 is 5.91 Å². The number of ether oxygens (including phenoxy) is 3. The minimum atomic E-state index is -0.602. The highest BCUT2D eigenvalue weighted by Crippen LogP contribution is 2.36. The average molecular weight is 423 g/mol. The number of methoxy groups -OCH3 is 3. The van der Waals surface area contributed by atoms with E-state index in [-0.39, 0.29) is 5.57 Å². The Morgan fingerprint density at radius 2 is 1.70 bits per heavy atom. The van der Waals surface area contributed by atoms with Crippen molar-refractivity contribution in [2.24, 2.45) is 0 Å². The third kappa shape index (κ3) is 4.17. The molecule has 6 nitrogen and oxygen atoms in total. The summed E-state index contributed by atoms with van der Waals surface area (Å²) in [6.45, 7) is 0. The molecular weight excluding hydrogens is 404 g/mol. The largest absolute Gasteiger partial charge is 0.496 e. The molecule has 0 fully saturated rings. The van der Waals surface area contributed by atoms with Crippen LogP contribution in [0.4, 0.5) is 5.69 Å². The number of fused-ring (bicyclic) bond motifs is 1. The number of carbonyl (C=O) groups excluding carboxylic acids is 1. The minimum absolute atomic E-state index is 0.0966. The maximum Gasteiger partial charge on any atom is 0.266 e. The first-order valence-corrected chi connectivity index (χ1v) is 9.30. The molecular formula is C23H19ClN2O4. The number of nitrogens with one attached hydrogen (secondary N) is 1. The number of rotatable bonds is 6. The number of nitriles is 1. The Labute approximate surface area is 179 Å². The minimum Gasteiger partial charge on any atom is -0.496 e. The zero-order valence-electron chi connectivity index (χ0n) is 16.7. The van der Waals surface area contributed by atoms with Gasteiger partial charge in [0.25, 0.3) is 5.91 Å². The Balaban J connectivity index is 2.04. The second kappa shape index (κ2) is 9.21. The van der Waals surface area contributed by atoms with Crippen molar-refractivity contribution in [2.75, 3.05) is 26.6 Å². The van der Waals surface area contributed by atoms with Crippen LogP contribution in [0.2, 0.25) is 5.02 Å². The normalized spacial score (nSPS) is 11.0. The maximum absolute atomic E-state index is 12.9. The number of hydrogen-bond acceptors (Lipinski definition) is 5. The van der Waals surface area contributed by atoms with Gasteiger partial charge in [-0.15, -0.1) is 0 Å². The van der Waals surface area contributed by atoms with Crippen molar-refractivity contribution in [2.45, 2.75) is 0 Å². The fourth-order valence-corrected chi connectivity index (χ4v) is 3.27. The summed E-state index contributed by atoms with van der Waals surface area (Å²) in [7, 11) is 4.46. The molecule has 30 heavy (non-hydrogen) atoms. The first-order valence-electron chi connectivity index (χ1n) is 8.92. The van der Waals surface area contributed by atoms with E-state index in [1.54, 1.807) is 13.2 Å². The first kappa shape index (κ1) is 21.0. The Morgan fingerprint density at radius 3 is 2.37 bits per heavy atom. The third-order valence-electron chi connectivity index (χ3n) is 4.53. The Morgan fingerprint density at radius 1 is 1.00 bits per heavy atom. The topological polar surface area (TPSA) is 80.6 Å². The zero-order chi connectivity index (χ0) is 21.7. The second-order valence-corrected chi connectivity index (χ2v) is 6.62. The van der Waals surface area contributed by atoms with E-state index in [1.165, 1.54) is 32.4 Å². The van der Waals surface area contributed by atoms with Crippen LogP contribution in [0.25, 0.3) is 16.8 Å². The van der Waals surface area contributed by atoms with Gasteiger partial charge in [-0.05, 0) is 22.9 Å². The molecule has 0 radical (unpaired) electrons. The van der Waals surface area contributed by atoms with Crippen molar-refractivity contribution in [1.82, 2.24) is 0 Å². The van der Waals surface area contributed by atoms with Crippen LogP contribution in [-0.4, -0.2) is 27.2 Å². The van der Waals surface area contributed by atoms with Crippen molar-refractivity contribution in [3.8, 4) is 23.3 Å². The van der Waals surface area contributed by atoms with Crippen LogP contribution in [0.15, 0.2) is 54.1 Å². The summed E-state index contributed by atoms with van der Waals surface area (Å²) >= 11 is 6.11. The standard InChI is InChI=1S/C23H19ClN2O4/c1-28-20-9-8-14-6-4-5-7-16(14)17(20)10-15(13-25)23(27)26-19-12-21(29-2)18(24)11-22(19)30-3/h4-12H,1-3H3,(H,26,27)/b15-10+. The van der Waals surface area contributed by atoms with Crippen LogP contribution < -0.4 is 19.5 Å². The summed E-state index contributed by atoms with van der Waals surface area (Å²) in [5, 5.41) is 14.5. The molecule has 0 saturated heterocycles. The lowest BCUT2D eigenvalue weighted by Crippen LogP contribution is -2.14. The van der Waals surface area contributed by atoms with E-state index >= 15 is 0 Å². The molecule has 0 aliphatic rings. The van der Waals surface area contributed by atoms with E-state index in [9.17, 15) is 10.1 Å². The van der Waals surface area contributed by atoms with Crippen molar-refractivity contribution < 1.29 is 19.0 Å². The number of anilines is 1. The molecule has 1 N–H and O–H groups in total. The Kier molecular flexibility index (Phi) is 6.45. The molecule has 3 aromatic carbocycles. The van der Waals surface area contributed by atoms with E-state index in [0.717, 1.165) is 10.8 Å². The van der Waals surface area contributed by atoms with Gasteiger partial charge in [-0.2, -0.15) is 5.26 Å². The highest BCUT2D eigenvalue weighted by molar-refractivity contribution is 6.32. The van der Waals surface area contributed by atoms with Gasteiger partial charge in [0.2, 0.25) is 0 Å². The number of carbonyl (C=O) groups is 1. The molecule has 3 aromatic rings. The molecule has 1 amide bonds. The van der Waals surface area contributed by atoms with Crippen LogP contribution in [0.5, 0.6) is 17.2 Å². The molecule has 0 aliphatic carbocycles. The number of benzene rings is 3. The van der Waals surface area contributed by atoms with Crippen LogP contribution >= 0.6 is 11.6 Å². The average Bonchev–Trinajstić information content (AvgIpc) is 2.77. The smallest absolute Gasteiger partial charge is 0.266 e. The number of halogens is 1. The van der Waals surface area contributed by atoms with Crippen molar-refractivity contribution in [1.29, 1.82) is 5.26 Å². The third-order valence-corrected chi connectivity index (χ3v) is 4.82. The van der Waals surface area contributed by atoms with Crippen LogP contribution in [-0.2, 0) is 4.79 Å². The predicted octanol–water partition coefficient (Wildman–Crippen LogP) is 5.06. The van der Waals surface area contributed by atoms with Crippen LogP contribution in [0.1, 0.15) is 5.56 Å². The van der Waals surface area contributed by atoms with Gasteiger partial charge < -0.3 is 19.5 Å². The van der Waals surface area contributed by atoms with E-state index in [2.05, 4.69) is 5.32 Å². The lowest BCUT2D eigenvalue weighted by atomic mass is 10.0. The molecule has 0 aliphatic heterocycles. The zero-order valence-corrected chi connectivity index (χ0v) is 17.4. The van der Waals surface area contributed by atoms with Gasteiger partial charge in [-0.25, -0.2) is 0 Å². The molecule has 0 aromatic heterocycles. The van der Waals surface area contributed by atoms with Crippen LogP contribution in [0.3, 0.4) is 0 Å². The van der Waals surface area contributed by atoms with Gasteiger partial charge in [-0.1, -0.05) is 41.9 Å². The maximum atomic E-state index is 12.9. The second-order valence-electron chi connectivity index (χ2n) is 6.21. The van der Waals surface area contributed by atoms with Gasteiger partial charge in [0.05, 0.1) is 32.0 Å². The predicted molar refractivity (Wildman–Crippen MR) is 117 cm³/mol. The van der Waals surface area contributed by atoms with E-state index in [0.29, 0.717) is 33.5 Å². The lowest BCUT2D eigenvalue weighted by Gasteiger charge is -2.13. The highest BCUT2D eigenvalue weighted by atomic mass is 35.5. The van der Waals surface area contributed by atoms with Crippen molar-refractivity contribution in [3.05, 3.63) is 64.7 Å². The summed E-state index contributed by atoms with van der Waals surface area (Å²) < 4.78 is 15.9. The summed E-state index contributed by atoms with van der Waals surface area (Å²) in [6.07, 6.45) is 1.51. The quantitative estimate of drug-likeness (QED) is 0.443. The lowest BCUT2D eigenvalue weighted by molar-refractivity contribution is -0.112. The Bertz CT molecular complexity index is 1180. The first-order chi connectivity index (χ1) is 14.5. The Hall–Kier alpha value is -3.69. The number of nitrogens with zero attached hydrogens (tertiary/aromatic N) is 1. The molecule has 0 atom stereocenters. The van der Waals surface area contributed by atoms with Gasteiger partial charge >= 0.3 is 0 Å². The molecule has 0 unspecified atom stereocenters. The highest BCUT2D eigenvalue weighted by Gasteiger charge is 2.17. The summed E-state index contributed by atoms with van der Waals surface area (Å²) in [5.74, 6) is 0.662. The van der Waals surface area contributed by atoms with Gasteiger partial charge in [-0.3, -0.25) is 4.79 Å². The molecule has 3 rings (SSSR count). The number of amides is 1. The molecule has 7 heteroatoms. The molecule has 0 heterocycles. The van der Waals surface area contributed by atoms with Gasteiger partial charge in [0.1, 0.15) is 28.9 Å². The van der Waals surface area contributed by atoms with Crippen LogP contribution in [0, 0.1) is 11.3 Å². The molecule has 0 spiro atoms. The van der Waals surface area contributed by atoms with E-state index in [1.807, 2.05) is 36.4 Å². The monoisotopic (exact) mass is 422 g/mol. The molecule has 0 bridgehead atoms. The SMILES string of the molecule is COc1cc(NC(=O)/C(C#N)=C/c2c(OC)ccc3ccccc23)c(OC)cc1Cl. The molecule has 152 valence electrons. The fourth-order valence-electron chi connectivity index (χ4n) is 3.04. The molecule has 0 saturated carbocycles. The van der Waals surface area contributed by atoms with Gasteiger partial charge in [0.15, 0.2) is 0 Å². The summed E-state index contributed by atoms with van der Waals surface area (Å²) in [4.78, 5) is 12.9.